The van der Waals surface area contributed by atoms with E-state index in [0.717, 1.165) is 12.3 Å². The molecule has 0 atom stereocenters. The first kappa shape index (κ1) is 14.7. The Balaban J connectivity index is 2.52. The van der Waals surface area contributed by atoms with Crippen molar-refractivity contribution in [2.75, 3.05) is 0 Å². The molecule has 20 heavy (non-hydrogen) atoms. The minimum absolute atomic E-state index is 0.0214. The van der Waals surface area contributed by atoms with Crippen molar-refractivity contribution >= 4 is 28.4 Å². The molecule has 0 aliphatic rings. The third kappa shape index (κ3) is 3.08. The van der Waals surface area contributed by atoms with Crippen molar-refractivity contribution in [1.29, 1.82) is 0 Å². The van der Waals surface area contributed by atoms with Crippen molar-refractivity contribution in [3.8, 4) is 11.4 Å². The Bertz CT molecular complexity index is 674. The van der Waals surface area contributed by atoms with Crippen molar-refractivity contribution in [1.82, 2.24) is 9.97 Å². The van der Waals surface area contributed by atoms with Crippen LogP contribution in [0.15, 0.2) is 30.5 Å². The topological polar surface area (TPSA) is 42.9 Å². The number of nitrogens with zero attached hydrogens (tertiary/aromatic N) is 2. The lowest BCUT2D eigenvalue weighted by atomic mass is 10.1. The summed E-state index contributed by atoms with van der Waals surface area (Å²) in [4.78, 5) is 18.3. The average Bonchev–Trinajstić information content (AvgIpc) is 2.38. The van der Waals surface area contributed by atoms with Crippen LogP contribution >= 0.6 is 23.2 Å². The van der Waals surface area contributed by atoms with Crippen LogP contribution in [0, 0.1) is 0 Å². The van der Waals surface area contributed by atoms with E-state index in [1.165, 1.54) is 18.2 Å². The molecule has 0 aliphatic carbocycles. The summed E-state index contributed by atoms with van der Waals surface area (Å²) in [6, 6.07) is 4.75. The molecule has 8 heteroatoms. The Labute approximate surface area is 121 Å². The molecule has 0 fully saturated rings. The van der Waals surface area contributed by atoms with Gasteiger partial charge in [0.1, 0.15) is 5.69 Å². The van der Waals surface area contributed by atoms with Gasteiger partial charge in [-0.15, -0.1) is 0 Å². The van der Waals surface area contributed by atoms with E-state index in [1.807, 2.05) is 0 Å². The highest BCUT2D eigenvalue weighted by Crippen LogP contribution is 2.29. The Hall–Kier alpha value is -1.66. The van der Waals surface area contributed by atoms with E-state index in [1.54, 1.807) is 0 Å². The van der Waals surface area contributed by atoms with Crippen LogP contribution in [0.25, 0.3) is 11.4 Å². The van der Waals surface area contributed by atoms with Crippen molar-refractivity contribution in [3.63, 3.8) is 0 Å². The summed E-state index contributed by atoms with van der Waals surface area (Å²) in [5.41, 5.74) is -0.882. The van der Waals surface area contributed by atoms with Gasteiger partial charge in [0, 0.05) is 11.8 Å². The standard InChI is InChI=1S/C12H5Cl2F3N2O/c13-8-2-1-6(5-7(8)10(14)20)11-18-4-3-9(19-11)12(15,16)17/h1-5H. The first-order valence-corrected chi connectivity index (χ1v) is 5.94. The van der Waals surface area contributed by atoms with Crippen LogP contribution in [-0.2, 0) is 6.18 Å². The number of hydrogen-bond acceptors (Lipinski definition) is 3. The van der Waals surface area contributed by atoms with Gasteiger partial charge in [-0.2, -0.15) is 13.2 Å². The third-order valence-electron chi connectivity index (χ3n) is 2.38. The molecule has 0 radical (unpaired) electrons. The van der Waals surface area contributed by atoms with Crippen LogP contribution in [0.3, 0.4) is 0 Å². The minimum atomic E-state index is -4.57. The van der Waals surface area contributed by atoms with Crippen LogP contribution < -0.4 is 0 Å². The molecule has 0 saturated heterocycles. The fourth-order valence-corrected chi connectivity index (χ4v) is 1.88. The highest BCUT2D eigenvalue weighted by atomic mass is 35.5. The molecule has 1 aromatic carbocycles. The number of rotatable bonds is 2. The van der Waals surface area contributed by atoms with Gasteiger partial charge < -0.3 is 0 Å². The van der Waals surface area contributed by atoms with E-state index in [-0.39, 0.29) is 22.0 Å². The van der Waals surface area contributed by atoms with E-state index in [9.17, 15) is 18.0 Å². The van der Waals surface area contributed by atoms with Crippen molar-refractivity contribution in [2.45, 2.75) is 6.18 Å². The smallest absolute Gasteiger partial charge is 0.276 e. The quantitative estimate of drug-likeness (QED) is 0.779. The monoisotopic (exact) mass is 320 g/mol. The zero-order chi connectivity index (χ0) is 14.9. The summed E-state index contributed by atoms with van der Waals surface area (Å²) >= 11 is 11.1. The zero-order valence-corrected chi connectivity index (χ0v) is 11.1. The molecule has 0 aliphatic heterocycles. The van der Waals surface area contributed by atoms with Crippen LogP contribution in [0.4, 0.5) is 13.2 Å². The van der Waals surface area contributed by atoms with E-state index in [0.29, 0.717) is 0 Å². The third-order valence-corrected chi connectivity index (χ3v) is 2.92. The second kappa shape index (κ2) is 5.38. The molecule has 3 nitrogen and oxygen atoms in total. The van der Waals surface area contributed by atoms with Gasteiger partial charge in [0.15, 0.2) is 5.82 Å². The normalized spacial score (nSPS) is 11.4. The van der Waals surface area contributed by atoms with Gasteiger partial charge in [0.25, 0.3) is 5.24 Å². The SMILES string of the molecule is O=C(Cl)c1cc(-c2nccc(C(F)(F)F)n2)ccc1Cl. The molecule has 0 N–H and O–H groups in total. The number of aromatic nitrogens is 2. The Morgan fingerprint density at radius 2 is 1.90 bits per heavy atom. The zero-order valence-electron chi connectivity index (χ0n) is 9.58. The average molecular weight is 321 g/mol. The second-order valence-electron chi connectivity index (χ2n) is 3.73. The van der Waals surface area contributed by atoms with Gasteiger partial charge >= 0.3 is 6.18 Å². The van der Waals surface area contributed by atoms with Gasteiger partial charge in [-0.05, 0) is 35.9 Å². The van der Waals surface area contributed by atoms with Gasteiger partial charge in [0.2, 0.25) is 0 Å². The Morgan fingerprint density at radius 3 is 2.50 bits per heavy atom. The molecule has 0 spiro atoms. The summed E-state index contributed by atoms with van der Waals surface area (Å²) < 4.78 is 37.7. The fourth-order valence-electron chi connectivity index (χ4n) is 1.47. The van der Waals surface area contributed by atoms with E-state index in [4.69, 9.17) is 23.2 Å². The summed E-state index contributed by atoms with van der Waals surface area (Å²) in [7, 11) is 0. The number of hydrogen-bond donors (Lipinski definition) is 0. The van der Waals surface area contributed by atoms with E-state index >= 15 is 0 Å². The van der Waals surface area contributed by atoms with E-state index in [2.05, 4.69) is 9.97 Å². The van der Waals surface area contributed by atoms with Crippen LogP contribution in [0.5, 0.6) is 0 Å². The fraction of sp³-hybridized carbons (Fsp3) is 0.0833. The first-order valence-electron chi connectivity index (χ1n) is 5.19. The van der Waals surface area contributed by atoms with Gasteiger partial charge in [0.05, 0.1) is 10.6 Å². The molecule has 2 rings (SSSR count). The summed E-state index contributed by atoms with van der Waals surface area (Å²) in [6.45, 7) is 0. The Kier molecular flexibility index (Phi) is 3.96. The predicted octanol–water partition coefficient (Wildman–Crippen LogP) is 4.19. The molecule has 0 saturated carbocycles. The van der Waals surface area contributed by atoms with Crippen LogP contribution in [-0.4, -0.2) is 15.2 Å². The molecule has 1 aromatic heterocycles. The lowest BCUT2D eigenvalue weighted by Gasteiger charge is -2.08. The molecular weight excluding hydrogens is 316 g/mol. The van der Waals surface area contributed by atoms with Gasteiger partial charge in [-0.1, -0.05) is 11.6 Å². The molecule has 0 unspecified atom stereocenters. The number of benzene rings is 1. The number of carbonyl (C=O) groups excluding carboxylic acids is 1. The van der Waals surface area contributed by atoms with Crippen LogP contribution in [0.2, 0.25) is 5.02 Å². The van der Waals surface area contributed by atoms with E-state index < -0.39 is 17.1 Å². The maximum Gasteiger partial charge on any atom is 0.433 e. The van der Waals surface area contributed by atoms with Crippen molar-refractivity contribution < 1.29 is 18.0 Å². The summed E-state index contributed by atoms with van der Waals surface area (Å²) in [5, 5.41) is -0.718. The lowest BCUT2D eigenvalue weighted by molar-refractivity contribution is -0.141. The van der Waals surface area contributed by atoms with Crippen LogP contribution in [0.1, 0.15) is 16.1 Å². The highest BCUT2D eigenvalue weighted by molar-refractivity contribution is 6.68. The number of carbonyl (C=O) groups is 1. The predicted molar refractivity (Wildman–Crippen MR) is 67.7 cm³/mol. The van der Waals surface area contributed by atoms with Crippen molar-refractivity contribution in [2.24, 2.45) is 0 Å². The largest absolute Gasteiger partial charge is 0.433 e. The highest BCUT2D eigenvalue weighted by Gasteiger charge is 2.32. The first-order chi connectivity index (χ1) is 9.29. The van der Waals surface area contributed by atoms with Gasteiger partial charge in [-0.3, -0.25) is 4.79 Å². The maximum atomic E-state index is 12.6. The van der Waals surface area contributed by atoms with Gasteiger partial charge in [-0.25, -0.2) is 9.97 Å². The van der Waals surface area contributed by atoms with Crippen molar-refractivity contribution in [3.05, 3.63) is 46.7 Å². The molecule has 104 valence electrons. The minimum Gasteiger partial charge on any atom is -0.276 e. The molecular formula is C12H5Cl2F3N2O. The maximum absolute atomic E-state index is 12.6. The summed E-state index contributed by atoms with van der Waals surface area (Å²) in [5.74, 6) is -0.171. The molecule has 0 amide bonds. The number of alkyl halides is 3. The second-order valence-corrected chi connectivity index (χ2v) is 4.48. The lowest BCUT2D eigenvalue weighted by Crippen LogP contribution is -2.09. The molecule has 1 heterocycles. The molecule has 0 bridgehead atoms. The molecule has 2 aromatic rings. The summed E-state index contributed by atoms with van der Waals surface area (Å²) in [6.07, 6.45) is -3.59. The number of halogens is 5. The Morgan fingerprint density at radius 1 is 1.20 bits per heavy atom.